The minimum atomic E-state index is -3.66. The third kappa shape index (κ3) is 4.54. The molecule has 1 N–H and O–H groups in total. The zero-order valence-electron chi connectivity index (χ0n) is 14.8. The van der Waals surface area contributed by atoms with Crippen molar-refractivity contribution in [2.45, 2.75) is 18.7 Å². The van der Waals surface area contributed by atoms with Gasteiger partial charge in [0.1, 0.15) is 5.75 Å². The maximum Gasteiger partial charge on any atom is 0.259 e. The van der Waals surface area contributed by atoms with Crippen LogP contribution < -0.4 is 10.1 Å². The summed E-state index contributed by atoms with van der Waals surface area (Å²) >= 11 is 2.18. The van der Waals surface area contributed by atoms with Gasteiger partial charge in [-0.3, -0.25) is 4.79 Å². The molecule has 0 saturated carbocycles. The van der Waals surface area contributed by atoms with Crippen LogP contribution in [0, 0.1) is 3.57 Å². The largest absolute Gasteiger partial charge is 0.496 e. The van der Waals surface area contributed by atoms with Crippen molar-refractivity contribution in [3.8, 4) is 5.75 Å². The third-order valence-corrected chi connectivity index (χ3v) is 6.63. The molecule has 0 fully saturated rings. The first kappa shape index (κ1) is 20.7. The summed E-state index contributed by atoms with van der Waals surface area (Å²) in [6.45, 7) is 4.26. The van der Waals surface area contributed by atoms with Crippen LogP contribution in [0.2, 0.25) is 0 Å². The summed E-state index contributed by atoms with van der Waals surface area (Å²) in [5.74, 6) is -0.119. The fraction of sp³-hybridized carbons (Fsp3) is 0.278. The molecule has 0 aliphatic heterocycles. The van der Waals surface area contributed by atoms with Gasteiger partial charge in [0.25, 0.3) is 5.91 Å². The van der Waals surface area contributed by atoms with Gasteiger partial charge in [-0.2, -0.15) is 4.31 Å². The normalized spacial score (nSPS) is 11.4. The molecule has 0 heterocycles. The molecule has 2 rings (SSSR count). The van der Waals surface area contributed by atoms with E-state index in [1.54, 1.807) is 26.0 Å². The Morgan fingerprint density at radius 2 is 1.73 bits per heavy atom. The maximum absolute atomic E-state index is 12.7. The number of amides is 1. The number of nitrogens with one attached hydrogen (secondary N) is 1. The number of methoxy groups -OCH3 is 1. The molecule has 140 valence electrons. The predicted molar refractivity (Wildman–Crippen MR) is 110 cm³/mol. The number of benzene rings is 2. The van der Waals surface area contributed by atoms with Gasteiger partial charge in [0, 0.05) is 22.3 Å². The highest BCUT2D eigenvalue weighted by molar-refractivity contribution is 14.1. The number of ether oxygens (including phenoxy) is 1. The summed E-state index contributed by atoms with van der Waals surface area (Å²) < 4.78 is 33.1. The molecule has 1 amide bonds. The average Bonchev–Trinajstić information content (AvgIpc) is 2.63. The van der Waals surface area contributed by atoms with Gasteiger partial charge in [-0.1, -0.05) is 13.8 Å². The number of carbonyl (C=O) groups excluding carboxylic acids is 1. The second-order valence-electron chi connectivity index (χ2n) is 5.41. The van der Waals surface area contributed by atoms with Crippen LogP contribution in [0.5, 0.6) is 5.75 Å². The Hall–Kier alpha value is -1.65. The molecular weight excluding hydrogens is 467 g/mol. The van der Waals surface area contributed by atoms with E-state index in [0.29, 0.717) is 24.5 Å². The van der Waals surface area contributed by atoms with E-state index < -0.39 is 15.9 Å². The van der Waals surface area contributed by atoms with E-state index in [9.17, 15) is 13.2 Å². The lowest BCUT2D eigenvalue weighted by Gasteiger charge is -2.19. The molecule has 0 aliphatic carbocycles. The topological polar surface area (TPSA) is 75.7 Å². The van der Waals surface area contributed by atoms with Crippen LogP contribution in [0.1, 0.15) is 24.2 Å². The van der Waals surface area contributed by atoms with Gasteiger partial charge >= 0.3 is 0 Å². The van der Waals surface area contributed by atoms with Crippen LogP contribution in [-0.2, 0) is 10.0 Å². The van der Waals surface area contributed by atoms with Gasteiger partial charge in [-0.25, -0.2) is 8.42 Å². The Kier molecular flexibility index (Phi) is 7.01. The first-order valence-corrected chi connectivity index (χ1v) is 10.6. The maximum atomic E-state index is 12.7. The van der Waals surface area contributed by atoms with Crippen LogP contribution in [0.4, 0.5) is 5.69 Å². The molecule has 0 aliphatic rings. The molecule has 0 aromatic heterocycles. The fourth-order valence-electron chi connectivity index (χ4n) is 2.47. The van der Waals surface area contributed by atoms with Crippen molar-refractivity contribution < 1.29 is 17.9 Å². The summed E-state index contributed by atoms with van der Waals surface area (Å²) in [5, 5.41) is 2.77. The van der Waals surface area contributed by atoms with Gasteiger partial charge in [-0.15, -0.1) is 0 Å². The van der Waals surface area contributed by atoms with Crippen molar-refractivity contribution in [1.29, 1.82) is 0 Å². The quantitative estimate of drug-likeness (QED) is 0.605. The van der Waals surface area contributed by atoms with Gasteiger partial charge < -0.3 is 10.1 Å². The Balaban J connectivity index is 2.40. The SMILES string of the molecule is CCN(CC)S(=O)(=O)c1ccc(OC)c(C(=O)Nc2ccc(I)cc2)c1. The number of rotatable bonds is 7. The summed E-state index contributed by atoms with van der Waals surface area (Å²) in [6.07, 6.45) is 0. The number of hydrogen-bond acceptors (Lipinski definition) is 4. The molecule has 26 heavy (non-hydrogen) atoms. The number of carbonyl (C=O) groups is 1. The summed E-state index contributed by atoms with van der Waals surface area (Å²) in [6, 6.07) is 11.6. The lowest BCUT2D eigenvalue weighted by molar-refractivity contribution is 0.102. The number of halogens is 1. The van der Waals surface area contributed by atoms with E-state index in [0.717, 1.165) is 3.57 Å². The highest BCUT2D eigenvalue weighted by Gasteiger charge is 2.24. The zero-order valence-corrected chi connectivity index (χ0v) is 17.8. The van der Waals surface area contributed by atoms with Gasteiger partial charge in [-0.05, 0) is 65.1 Å². The zero-order chi connectivity index (χ0) is 19.3. The van der Waals surface area contributed by atoms with E-state index in [1.807, 2.05) is 12.1 Å². The molecule has 0 saturated heterocycles. The van der Waals surface area contributed by atoms with E-state index in [2.05, 4.69) is 27.9 Å². The molecule has 0 spiro atoms. The Bertz CT molecular complexity index is 879. The standard InChI is InChI=1S/C18H21IN2O4S/c1-4-21(5-2)26(23,24)15-10-11-17(25-3)16(12-15)18(22)20-14-8-6-13(19)7-9-14/h6-12H,4-5H2,1-3H3,(H,20,22). The van der Waals surface area contributed by atoms with E-state index in [-0.39, 0.29) is 10.5 Å². The van der Waals surface area contributed by atoms with E-state index >= 15 is 0 Å². The highest BCUT2D eigenvalue weighted by atomic mass is 127. The molecule has 2 aromatic rings. The first-order valence-electron chi connectivity index (χ1n) is 8.08. The van der Waals surface area contributed by atoms with Crippen LogP contribution in [0.15, 0.2) is 47.4 Å². The number of anilines is 1. The number of nitrogens with zero attached hydrogens (tertiary/aromatic N) is 1. The molecule has 0 atom stereocenters. The molecule has 6 nitrogen and oxygen atoms in total. The molecule has 0 radical (unpaired) electrons. The predicted octanol–water partition coefficient (Wildman–Crippen LogP) is 3.58. The van der Waals surface area contributed by atoms with Gasteiger partial charge in [0.15, 0.2) is 0 Å². The lowest BCUT2D eigenvalue weighted by atomic mass is 10.2. The number of sulfonamides is 1. The van der Waals surface area contributed by atoms with Crippen LogP contribution in [0.3, 0.4) is 0 Å². The monoisotopic (exact) mass is 488 g/mol. The van der Waals surface area contributed by atoms with Crippen LogP contribution in [0.25, 0.3) is 0 Å². The minimum absolute atomic E-state index is 0.0646. The minimum Gasteiger partial charge on any atom is -0.496 e. The summed E-state index contributed by atoms with van der Waals surface area (Å²) in [5.41, 5.74) is 0.786. The van der Waals surface area contributed by atoms with Crippen molar-refractivity contribution in [3.05, 3.63) is 51.6 Å². The molecular formula is C18H21IN2O4S. The molecule has 0 bridgehead atoms. The molecule has 2 aromatic carbocycles. The van der Waals surface area contributed by atoms with Gasteiger partial charge in [0.2, 0.25) is 10.0 Å². The van der Waals surface area contributed by atoms with Crippen LogP contribution in [-0.4, -0.2) is 38.8 Å². The number of hydrogen-bond donors (Lipinski definition) is 1. The highest BCUT2D eigenvalue weighted by Crippen LogP contribution is 2.25. The Morgan fingerprint density at radius 3 is 2.27 bits per heavy atom. The third-order valence-electron chi connectivity index (χ3n) is 3.86. The smallest absolute Gasteiger partial charge is 0.259 e. The van der Waals surface area contributed by atoms with Crippen LogP contribution >= 0.6 is 22.6 Å². The second-order valence-corrected chi connectivity index (χ2v) is 8.60. The summed E-state index contributed by atoms with van der Waals surface area (Å²) in [4.78, 5) is 12.7. The summed E-state index contributed by atoms with van der Waals surface area (Å²) in [7, 11) is -2.22. The Morgan fingerprint density at radius 1 is 1.12 bits per heavy atom. The fourth-order valence-corrected chi connectivity index (χ4v) is 4.31. The molecule has 8 heteroatoms. The average molecular weight is 488 g/mol. The van der Waals surface area contributed by atoms with Crippen molar-refractivity contribution in [2.24, 2.45) is 0 Å². The van der Waals surface area contributed by atoms with Crippen molar-refractivity contribution in [1.82, 2.24) is 4.31 Å². The lowest BCUT2D eigenvalue weighted by Crippen LogP contribution is -2.30. The van der Waals surface area contributed by atoms with Gasteiger partial charge in [0.05, 0.1) is 17.6 Å². The van der Waals surface area contributed by atoms with Crippen molar-refractivity contribution in [3.63, 3.8) is 0 Å². The van der Waals surface area contributed by atoms with E-state index in [1.165, 1.54) is 29.6 Å². The second kappa shape index (κ2) is 8.83. The molecule has 0 unspecified atom stereocenters. The van der Waals surface area contributed by atoms with Crippen molar-refractivity contribution >= 4 is 44.2 Å². The van der Waals surface area contributed by atoms with E-state index in [4.69, 9.17) is 4.74 Å². The van der Waals surface area contributed by atoms with Crippen molar-refractivity contribution in [2.75, 3.05) is 25.5 Å². The first-order chi connectivity index (χ1) is 12.3. The Labute approximate surface area is 167 Å².